The van der Waals surface area contributed by atoms with Crippen LogP contribution in [0.1, 0.15) is 29.5 Å². The van der Waals surface area contributed by atoms with Crippen molar-refractivity contribution in [3.8, 4) is 0 Å². The van der Waals surface area contributed by atoms with Gasteiger partial charge in [-0.3, -0.25) is 0 Å². The van der Waals surface area contributed by atoms with Gasteiger partial charge in [0.25, 0.3) is 0 Å². The van der Waals surface area contributed by atoms with Crippen LogP contribution in [-0.4, -0.2) is 25.4 Å². The molecule has 0 amide bonds. The van der Waals surface area contributed by atoms with Crippen LogP contribution < -0.4 is 0 Å². The van der Waals surface area contributed by atoms with Crippen molar-refractivity contribution in [3.63, 3.8) is 0 Å². The van der Waals surface area contributed by atoms with Gasteiger partial charge in [-0.25, -0.2) is 3.63 Å². The van der Waals surface area contributed by atoms with Crippen molar-refractivity contribution in [3.05, 3.63) is 76.7 Å². The molecule has 8 heteroatoms. The fourth-order valence-electron chi connectivity index (χ4n) is 3.09. The van der Waals surface area contributed by atoms with Crippen LogP contribution in [0.15, 0.2) is 60.0 Å². The molecular weight excluding hydrogens is 409 g/mol. The number of benzene rings is 2. The molecule has 28 heavy (non-hydrogen) atoms. The Morgan fingerprint density at radius 1 is 0.964 bits per heavy atom. The molecule has 1 heterocycles. The highest BCUT2D eigenvalue weighted by Crippen LogP contribution is 2.60. The summed E-state index contributed by atoms with van der Waals surface area (Å²) in [4.78, 5) is 0. The molecule has 0 radical (unpaired) electrons. The molecule has 1 aliphatic heterocycles. The average molecular weight is 431 g/mol. The van der Waals surface area contributed by atoms with Gasteiger partial charge in [-0.1, -0.05) is 70.5 Å². The van der Waals surface area contributed by atoms with Crippen LogP contribution in [0.3, 0.4) is 0 Å². The fraction of sp³-hybridized carbons (Fsp3) is 0.300. The minimum Gasteiger partial charge on any atom is -0.209 e. The van der Waals surface area contributed by atoms with E-state index in [9.17, 15) is 21.6 Å². The summed E-state index contributed by atoms with van der Waals surface area (Å²) in [5.41, 5.74) is -2.08. The molecule has 0 bridgehead atoms. The zero-order valence-corrected chi connectivity index (χ0v) is 16.9. The lowest BCUT2D eigenvalue weighted by Crippen LogP contribution is -2.27. The fourth-order valence-corrected chi connectivity index (χ4v) is 8.05. The van der Waals surface area contributed by atoms with E-state index in [0.29, 0.717) is 29.9 Å². The highest BCUT2D eigenvalue weighted by molar-refractivity contribution is 8.35. The topological polar surface area (TPSA) is 43.4 Å². The van der Waals surface area contributed by atoms with E-state index in [4.69, 9.17) is 3.63 Å². The first-order valence-electron chi connectivity index (χ1n) is 8.77. The average Bonchev–Trinajstić information content (AvgIpc) is 3.08. The standard InChI is InChI=1S/C20H21F3O3S2/c1-16-9-11-18(12-10-16)19(17-7-3-2-4-8-17)15-27(13-5-6-14-27)26-28(24,25)20(21,22)23/h2-4,7-12,15H,5-6,13-14H2,1H3. The summed E-state index contributed by atoms with van der Waals surface area (Å²) in [6.07, 6.45) is 1.27. The molecule has 3 nitrogen and oxygen atoms in total. The van der Waals surface area contributed by atoms with Gasteiger partial charge in [0.05, 0.1) is 0 Å². The minimum atomic E-state index is -5.66. The summed E-state index contributed by atoms with van der Waals surface area (Å²) >= 11 is 0. The quantitative estimate of drug-likeness (QED) is 0.566. The first-order chi connectivity index (χ1) is 13.1. The molecule has 2 aromatic carbocycles. The Bertz CT molecular complexity index is 944. The Labute approximate surface area is 164 Å². The van der Waals surface area contributed by atoms with Crippen molar-refractivity contribution in [2.24, 2.45) is 0 Å². The zero-order valence-electron chi connectivity index (χ0n) is 15.3. The second kappa shape index (κ2) is 7.93. The van der Waals surface area contributed by atoms with E-state index in [1.54, 1.807) is 5.41 Å². The molecule has 0 N–H and O–H groups in total. The molecular formula is C20H21F3O3S2. The van der Waals surface area contributed by atoms with Gasteiger partial charge in [-0.2, -0.15) is 21.6 Å². The van der Waals surface area contributed by atoms with Gasteiger partial charge in [0.1, 0.15) is 0 Å². The van der Waals surface area contributed by atoms with Crippen LogP contribution in [0.25, 0.3) is 5.57 Å². The molecule has 1 fully saturated rings. The Hall–Kier alpha value is -1.77. The molecule has 0 aromatic heterocycles. The van der Waals surface area contributed by atoms with Gasteiger partial charge in [0.2, 0.25) is 0 Å². The summed E-state index contributed by atoms with van der Waals surface area (Å²) in [5, 5.41) is 1.64. The SMILES string of the molecule is Cc1ccc(C(=CS2(OS(=O)(=O)C(F)(F)F)CCCC2)c2ccccc2)cc1. The van der Waals surface area contributed by atoms with E-state index in [-0.39, 0.29) is 0 Å². The minimum absolute atomic E-state index is 0.296. The Kier molecular flexibility index (Phi) is 5.93. The van der Waals surface area contributed by atoms with Crippen molar-refractivity contribution in [2.75, 3.05) is 11.5 Å². The van der Waals surface area contributed by atoms with E-state index in [0.717, 1.165) is 16.7 Å². The lowest BCUT2D eigenvalue weighted by atomic mass is 9.99. The zero-order chi connectivity index (χ0) is 20.4. The summed E-state index contributed by atoms with van der Waals surface area (Å²) in [5.74, 6) is 0.592. The van der Waals surface area contributed by atoms with E-state index in [1.165, 1.54) is 0 Å². The van der Waals surface area contributed by atoms with E-state index < -0.39 is 25.9 Å². The van der Waals surface area contributed by atoms with E-state index in [1.807, 2.05) is 61.5 Å². The van der Waals surface area contributed by atoms with Crippen LogP contribution in [-0.2, 0) is 13.7 Å². The first kappa shape index (κ1) is 21.0. The van der Waals surface area contributed by atoms with Crippen LogP contribution in [0.5, 0.6) is 0 Å². The summed E-state index contributed by atoms with van der Waals surface area (Å²) < 4.78 is 67.3. The highest BCUT2D eigenvalue weighted by atomic mass is 32.3. The smallest absolute Gasteiger partial charge is 0.209 e. The molecule has 152 valence electrons. The Balaban J connectivity index is 2.12. The van der Waals surface area contributed by atoms with Gasteiger partial charge in [0, 0.05) is 11.5 Å². The van der Waals surface area contributed by atoms with Crippen molar-refractivity contribution in [2.45, 2.75) is 25.3 Å². The summed E-state index contributed by atoms with van der Waals surface area (Å²) in [7, 11) is -8.24. The summed E-state index contributed by atoms with van der Waals surface area (Å²) in [6, 6.07) is 16.8. The molecule has 3 rings (SSSR count). The maximum absolute atomic E-state index is 13.0. The molecule has 1 aliphatic rings. The number of halogens is 3. The van der Waals surface area contributed by atoms with Crippen LogP contribution >= 0.6 is 10.3 Å². The van der Waals surface area contributed by atoms with Gasteiger partial charge in [-0.15, -0.1) is 0 Å². The predicted molar refractivity (Wildman–Crippen MR) is 107 cm³/mol. The molecule has 0 spiro atoms. The maximum Gasteiger partial charge on any atom is 0.523 e. The summed E-state index contributed by atoms with van der Waals surface area (Å²) in [6.45, 7) is 1.94. The molecule has 1 saturated heterocycles. The molecule has 0 atom stereocenters. The van der Waals surface area contributed by atoms with Gasteiger partial charge in [-0.05, 0) is 41.9 Å². The molecule has 0 saturated carbocycles. The number of alkyl halides is 3. The third-order valence-corrected chi connectivity index (χ3v) is 9.51. The van der Waals surface area contributed by atoms with Crippen molar-refractivity contribution >= 4 is 26.0 Å². The monoisotopic (exact) mass is 430 g/mol. The molecule has 2 aromatic rings. The van der Waals surface area contributed by atoms with Crippen molar-refractivity contribution < 1.29 is 25.2 Å². The van der Waals surface area contributed by atoms with Crippen LogP contribution in [0.4, 0.5) is 13.2 Å². The van der Waals surface area contributed by atoms with Gasteiger partial charge in [0.15, 0.2) is 0 Å². The number of hydrogen-bond donors (Lipinski definition) is 0. The predicted octanol–water partition coefficient (Wildman–Crippen LogP) is 5.76. The van der Waals surface area contributed by atoms with E-state index in [2.05, 4.69) is 0 Å². The Morgan fingerprint density at radius 3 is 2.04 bits per heavy atom. The number of rotatable bonds is 5. The number of aryl methyl sites for hydroxylation is 1. The lowest BCUT2D eigenvalue weighted by molar-refractivity contribution is -0.0495. The maximum atomic E-state index is 13.0. The Morgan fingerprint density at radius 2 is 1.50 bits per heavy atom. The third-order valence-electron chi connectivity index (χ3n) is 4.52. The van der Waals surface area contributed by atoms with Crippen LogP contribution in [0, 0.1) is 6.92 Å². The van der Waals surface area contributed by atoms with Crippen LogP contribution in [0.2, 0.25) is 0 Å². The molecule has 0 aliphatic carbocycles. The van der Waals surface area contributed by atoms with Crippen molar-refractivity contribution in [1.29, 1.82) is 0 Å². The van der Waals surface area contributed by atoms with E-state index >= 15 is 0 Å². The third kappa shape index (κ3) is 4.61. The largest absolute Gasteiger partial charge is 0.523 e. The number of hydrogen-bond acceptors (Lipinski definition) is 3. The highest BCUT2D eigenvalue weighted by Gasteiger charge is 2.51. The second-order valence-electron chi connectivity index (χ2n) is 6.72. The van der Waals surface area contributed by atoms with Gasteiger partial charge < -0.3 is 0 Å². The molecule has 0 unspecified atom stereocenters. The normalized spacial score (nSPS) is 18.8. The first-order valence-corrected chi connectivity index (χ1v) is 12.1. The van der Waals surface area contributed by atoms with Gasteiger partial charge >= 0.3 is 15.6 Å². The second-order valence-corrected chi connectivity index (χ2v) is 11.4. The van der Waals surface area contributed by atoms with Crippen molar-refractivity contribution in [1.82, 2.24) is 0 Å². The lowest BCUT2D eigenvalue weighted by Gasteiger charge is -2.32.